The average molecular weight is 257 g/mol. The molecule has 0 spiro atoms. The maximum absolute atomic E-state index is 13.0. The molecule has 0 aliphatic heterocycles. The summed E-state index contributed by atoms with van der Waals surface area (Å²) in [6, 6.07) is 15.1. The number of hydrogen-bond acceptors (Lipinski definition) is 1. The maximum Gasteiger partial charge on any atom is 0.123 e. The number of halogens is 1. The number of hydrogen-bond donors (Lipinski definition) is 1. The van der Waals surface area contributed by atoms with Gasteiger partial charge in [0.15, 0.2) is 0 Å². The summed E-state index contributed by atoms with van der Waals surface area (Å²) >= 11 is 0. The molecule has 1 N–H and O–H groups in total. The van der Waals surface area contributed by atoms with Crippen LogP contribution in [0.2, 0.25) is 0 Å². The first kappa shape index (κ1) is 13.6. The van der Waals surface area contributed by atoms with Gasteiger partial charge in [0.2, 0.25) is 0 Å². The SMILES string of the molecule is CC(C)(C)c1ccc(NCc2cccc(F)c2)cc1. The Balaban J connectivity index is 2.01. The minimum atomic E-state index is -0.192. The van der Waals surface area contributed by atoms with Gasteiger partial charge in [0.25, 0.3) is 0 Å². The molecule has 0 bridgehead atoms. The van der Waals surface area contributed by atoms with Crippen molar-refractivity contribution in [3.05, 3.63) is 65.5 Å². The molecule has 0 atom stereocenters. The zero-order valence-electron chi connectivity index (χ0n) is 11.7. The molecular weight excluding hydrogens is 237 g/mol. The molecule has 0 saturated heterocycles. The van der Waals surface area contributed by atoms with E-state index in [2.05, 4.69) is 50.4 Å². The summed E-state index contributed by atoms with van der Waals surface area (Å²) in [5.74, 6) is -0.192. The van der Waals surface area contributed by atoms with Gasteiger partial charge < -0.3 is 5.32 Å². The third-order valence-electron chi connectivity index (χ3n) is 3.14. The minimum absolute atomic E-state index is 0.168. The van der Waals surface area contributed by atoms with Gasteiger partial charge in [-0.05, 0) is 40.8 Å². The van der Waals surface area contributed by atoms with Crippen molar-refractivity contribution < 1.29 is 4.39 Å². The van der Waals surface area contributed by atoms with Crippen molar-refractivity contribution in [2.45, 2.75) is 32.7 Å². The van der Waals surface area contributed by atoms with Crippen molar-refractivity contribution in [3.8, 4) is 0 Å². The van der Waals surface area contributed by atoms with Crippen LogP contribution >= 0.6 is 0 Å². The van der Waals surface area contributed by atoms with E-state index in [1.54, 1.807) is 12.1 Å². The Hall–Kier alpha value is -1.83. The normalized spacial score (nSPS) is 11.4. The van der Waals surface area contributed by atoms with Gasteiger partial charge in [-0.15, -0.1) is 0 Å². The Morgan fingerprint density at radius 2 is 1.68 bits per heavy atom. The van der Waals surface area contributed by atoms with Crippen LogP contribution in [0.15, 0.2) is 48.5 Å². The lowest BCUT2D eigenvalue weighted by Crippen LogP contribution is -2.10. The number of anilines is 1. The lowest BCUT2D eigenvalue weighted by atomic mass is 9.87. The molecule has 0 aromatic heterocycles. The summed E-state index contributed by atoms with van der Waals surface area (Å²) in [7, 11) is 0. The van der Waals surface area contributed by atoms with Crippen LogP contribution in [0.4, 0.5) is 10.1 Å². The highest BCUT2D eigenvalue weighted by molar-refractivity contribution is 5.46. The standard InChI is InChI=1S/C17H20FN/c1-17(2,3)14-7-9-16(10-8-14)19-12-13-5-4-6-15(18)11-13/h4-11,19H,12H2,1-3H3. The molecule has 0 heterocycles. The van der Waals surface area contributed by atoms with Crippen LogP contribution in [-0.2, 0) is 12.0 Å². The molecule has 0 amide bonds. The molecule has 2 aromatic rings. The molecule has 0 unspecified atom stereocenters. The number of nitrogens with one attached hydrogen (secondary N) is 1. The molecule has 100 valence electrons. The molecule has 1 nitrogen and oxygen atoms in total. The molecule has 0 aliphatic carbocycles. The van der Waals surface area contributed by atoms with Gasteiger partial charge in [0, 0.05) is 12.2 Å². The maximum atomic E-state index is 13.0. The van der Waals surface area contributed by atoms with Crippen LogP contribution in [0.25, 0.3) is 0 Å². The van der Waals surface area contributed by atoms with Gasteiger partial charge in [0.1, 0.15) is 5.82 Å². The van der Waals surface area contributed by atoms with E-state index in [9.17, 15) is 4.39 Å². The Morgan fingerprint density at radius 1 is 1.00 bits per heavy atom. The molecule has 0 aliphatic rings. The van der Waals surface area contributed by atoms with Gasteiger partial charge in [-0.2, -0.15) is 0 Å². The second-order valence-corrected chi connectivity index (χ2v) is 5.81. The topological polar surface area (TPSA) is 12.0 Å². The van der Waals surface area contributed by atoms with Gasteiger partial charge in [-0.3, -0.25) is 0 Å². The van der Waals surface area contributed by atoms with E-state index in [0.29, 0.717) is 6.54 Å². The lowest BCUT2D eigenvalue weighted by molar-refractivity contribution is 0.590. The van der Waals surface area contributed by atoms with Gasteiger partial charge >= 0.3 is 0 Å². The van der Waals surface area contributed by atoms with Crippen LogP contribution in [0.3, 0.4) is 0 Å². The van der Waals surface area contributed by atoms with E-state index < -0.39 is 0 Å². The highest BCUT2D eigenvalue weighted by Gasteiger charge is 2.12. The first-order valence-corrected chi connectivity index (χ1v) is 6.54. The van der Waals surface area contributed by atoms with Crippen LogP contribution in [0.1, 0.15) is 31.9 Å². The Labute approximate surface area is 114 Å². The third-order valence-corrected chi connectivity index (χ3v) is 3.14. The summed E-state index contributed by atoms with van der Waals surface area (Å²) in [5.41, 5.74) is 3.47. The molecule has 0 saturated carbocycles. The highest BCUT2D eigenvalue weighted by atomic mass is 19.1. The van der Waals surface area contributed by atoms with Crippen molar-refractivity contribution >= 4 is 5.69 Å². The summed E-state index contributed by atoms with van der Waals surface area (Å²) in [6.07, 6.45) is 0. The van der Waals surface area contributed by atoms with E-state index >= 15 is 0 Å². The van der Waals surface area contributed by atoms with Crippen LogP contribution in [-0.4, -0.2) is 0 Å². The van der Waals surface area contributed by atoms with Gasteiger partial charge in [0.05, 0.1) is 0 Å². The van der Waals surface area contributed by atoms with Crippen LogP contribution in [0.5, 0.6) is 0 Å². The lowest BCUT2D eigenvalue weighted by Gasteiger charge is -2.19. The van der Waals surface area contributed by atoms with Gasteiger partial charge in [-0.25, -0.2) is 4.39 Å². The summed E-state index contributed by atoms with van der Waals surface area (Å²) in [5, 5.41) is 3.30. The fraction of sp³-hybridized carbons (Fsp3) is 0.294. The number of benzene rings is 2. The molecule has 2 rings (SSSR count). The molecule has 2 heteroatoms. The van der Waals surface area contributed by atoms with Crippen molar-refractivity contribution in [2.75, 3.05) is 5.32 Å². The smallest absolute Gasteiger partial charge is 0.123 e. The molecular formula is C17H20FN. The fourth-order valence-electron chi connectivity index (χ4n) is 1.94. The Morgan fingerprint density at radius 3 is 2.26 bits per heavy atom. The van der Waals surface area contributed by atoms with Crippen LogP contribution in [0, 0.1) is 5.82 Å². The fourth-order valence-corrected chi connectivity index (χ4v) is 1.94. The first-order chi connectivity index (χ1) is 8.95. The van der Waals surface area contributed by atoms with E-state index in [-0.39, 0.29) is 11.2 Å². The third kappa shape index (κ3) is 3.82. The number of rotatable bonds is 3. The predicted molar refractivity (Wildman–Crippen MR) is 78.9 cm³/mol. The molecule has 0 fully saturated rings. The molecule has 2 aromatic carbocycles. The van der Waals surface area contributed by atoms with Crippen molar-refractivity contribution in [3.63, 3.8) is 0 Å². The molecule has 0 radical (unpaired) electrons. The quantitative estimate of drug-likeness (QED) is 0.837. The van der Waals surface area contributed by atoms with Crippen molar-refractivity contribution in [1.82, 2.24) is 0 Å². The monoisotopic (exact) mass is 257 g/mol. The summed E-state index contributed by atoms with van der Waals surface area (Å²) in [6.45, 7) is 7.22. The summed E-state index contributed by atoms with van der Waals surface area (Å²) in [4.78, 5) is 0. The second-order valence-electron chi connectivity index (χ2n) is 5.81. The zero-order valence-corrected chi connectivity index (χ0v) is 11.7. The van der Waals surface area contributed by atoms with Crippen LogP contribution < -0.4 is 5.32 Å². The molecule has 19 heavy (non-hydrogen) atoms. The highest BCUT2D eigenvalue weighted by Crippen LogP contribution is 2.23. The van der Waals surface area contributed by atoms with Crippen molar-refractivity contribution in [1.29, 1.82) is 0 Å². The van der Waals surface area contributed by atoms with E-state index in [0.717, 1.165) is 11.3 Å². The van der Waals surface area contributed by atoms with E-state index in [1.165, 1.54) is 11.6 Å². The minimum Gasteiger partial charge on any atom is -0.381 e. The summed E-state index contributed by atoms with van der Waals surface area (Å²) < 4.78 is 13.0. The van der Waals surface area contributed by atoms with E-state index in [1.807, 2.05) is 6.07 Å². The van der Waals surface area contributed by atoms with Gasteiger partial charge in [-0.1, -0.05) is 45.0 Å². The largest absolute Gasteiger partial charge is 0.381 e. The second kappa shape index (κ2) is 5.43. The van der Waals surface area contributed by atoms with E-state index in [4.69, 9.17) is 0 Å². The Bertz CT molecular complexity index is 538. The van der Waals surface area contributed by atoms with Crippen molar-refractivity contribution in [2.24, 2.45) is 0 Å². The first-order valence-electron chi connectivity index (χ1n) is 6.54. The average Bonchev–Trinajstić information content (AvgIpc) is 2.36. The Kier molecular flexibility index (Phi) is 3.89. The zero-order chi connectivity index (χ0) is 13.9. The predicted octanol–water partition coefficient (Wildman–Crippen LogP) is 4.74.